The molecule has 0 aromatic heterocycles. The molecule has 1 amide bonds. The van der Waals surface area contributed by atoms with Gasteiger partial charge in [-0.1, -0.05) is 6.92 Å². The molecule has 0 bridgehead atoms. The van der Waals surface area contributed by atoms with Gasteiger partial charge in [-0.15, -0.1) is 0 Å². The molecule has 0 saturated heterocycles. The molecule has 1 rings (SSSR count). The predicted molar refractivity (Wildman–Crippen MR) is 79.7 cm³/mol. The number of carbonyl (C=O) groups excluding carboxylic acids is 1. The van der Waals surface area contributed by atoms with Crippen molar-refractivity contribution in [2.24, 2.45) is 0 Å². The van der Waals surface area contributed by atoms with Crippen LogP contribution in [0.5, 0.6) is 0 Å². The van der Waals surface area contributed by atoms with Gasteiger partial charge in [0, 0.05) is 19.7 Å². The van der Waals surface area contributed by atoms with Crippen LogP contribution in [0.4, 0.5) is 11.4 Å². The van der Waals surface area contributed by atoms with Gasteiger partial charge in [-0.25, -0.2) is 0 Å². The van der Waals surface area contributed by atoms with Gasteiger partial charge in [0.25, 0.3) is 5.91 Å². The lowest BCUT2D eigenvalue weighted by molar-refractivity contribution is 0.0827. The number of hydrogen-bond acceptors (Lipinski definition) is 5. The molecule has 0 saturated carbocycles. The number of aliphatic hydroxyl groups is 2. The van der Waals surface area contributed by atoms with Crippen molar-refractivity contribution in [1.29, 1.82) is 0 Å². The van der Waals surface area contributed by atoms with Crippen molar-refractivity contribution in [1.82, 2.24) is 4.90 Å². The molecule has 5 N–H and O–H groups in total. The van der Waals surface area contributed by atoms with E-state index in [2.05, 4.69) is 5.32 Å². The molecule has 20 heavy (non-hydrogen) atoms. The largest absolute Gasteiger partial charge is 0.397 e. The van der Waals surface area contributed by atoms with E-state index in [-0.39, 0.29) is 19.1 Å². The zero-order valence-electron chi connectivity index (χ0n) is 12.2. The Bertz CT molecular complexity index is 462. The number of anilines is 2. The summed E-state index contributed by atoms with van der Waals surface area (Å²) >= 11 is 0. The third-order valence-corrected chi connectivity index (χ3v) is 3.39. The summed E-state index contributed by atoms with van der Waals surface area (Å²) in [7, 11) is 3.34. The minimum atomic E-state index is -0.853. The molecule has 0 aliphatic heterocycles. The molecule has 0 atom stereocenters. The Kier molecular flexibility index (Phi) is 5.35. The van der Waals surface area contributed by atoms with Gasteiger partial charge in [-0.05, 0) is 24.6 Å². The van der Waals surface area contributed by atoms with Crippen molar-refractivity contribution in [2.75, 3.05) is 38.4 Å². The summed E-state index contributed by atoms with van der Waals surface area (Å²) in [5, 5.41) is 22.0. The van der Waals surface area contributed by atoms with Crippen LogP contribution < -0.4 is 11.1 Å². The third-order valence-electron chi connectivity index (χ3n) is 3.39. The molecule has 0 spiro atoms. The van der Waals surface area contributed by atoms with E-state index in [4.69, 9.17) is 5.73 Å². The SMILES string of the molecule is CCC(CO)(CO)Nc1cc(C(=O)N(C)C)ccc1N. The first-order valence-corrected chi connectivity index (χ1v) is 6.50. The van der Waals surface area contributed by atoms with E-state index in [0.29, 0.717) is 23.4 Å². The number of hydrogen-bond donors (Lipinski definition) is 4. The Balaban J connectivity index is 3.12. The van der Waals surface area contributed by atoms with Gasteiger partial charge in [-0.2, -0.15) is 0 Å². The van der Waals surface area contributed by atoms with E-state index >= 15 is 0 Å². The standard InChI is InChI=1S/C14H23N3O3/c1-4-14(8-18,9-19)16-12-7-10(5-6-11(12)15)13(20)17(2)3/h5-7,16,18-19H,4,8-9,15H2,1-3H3. The number of benzene rings is 1. The van der Waals surface area contributed by atoms with E-state index < -0.39 is 5.54 Å². The summed E-state index contributed by atoms with van der Waals surface area (Å²) in [6, 6.07) is 4.91. The van der Waals surface area contributed by atoms with Crippen molar-refractivity contribution < 1.29 is 15.0 Å². The van der Waals surface area contributed by atoms with E-state index in [0.717, 1.165) is 0 Å². The highest BCUT2D eigenvalue weighted by atomic mass is 16.3. The summed E-state index contributed by atoms with van der Waals surface area (Å²) in [5.74, 6) is -0.136. The summed E-state index contributed by atoms with van der Waals surface area (Å²) in [5.41, 5.74) is 6.51. The van der Waals surface area contributed by atoms with Gasteiger partial charge in [0.1, 0.15) is 0 Å². The molecule has 0 aliphatic rings. The fraction of sp³-hybridized carbons (Fsp3) is 0.500. The number of aliphatic hydroxyl groups excluding tert-OH is 2. The van der Waals surface area contributed by atoms with E-state index in [9.17, 15) is 15.0 Å². The fourth-order valence-electron chi connectivity index (χ4n) is 1.78. The number of nitrogen functional groups attached to an aromatic ring is 1. The number of amides is 1. The Morgan fingerprint density at radius 2 is 1.95 bits per heavy atom. The van der Waals surface area contributed by atoms with Gasteiger partial charge < -0.3 is 26.2 Å². The maximum Gasteiger partial charge on any atom is 0.253 e. The summed E-state index contributed by atoms with van der Waals surface area (Å²) in [6.45, 7) is 1.39. The first-order valence-electron chi connectivity index (χ1n) is 6.50. The lowest BCUT2D eigenvalue weighted by Crippen LogP contribution is -2.45. The van der Waals surface area contributed by atoms with Crippen LogP contribution in [0.2, 0.25) is 0 Å². The molecular weight excluding hydrogens is 258 g/mol. The predicted octanol–water partition coefficient (Wildman–Crippen LogP) is 0.516. The lowest BCUT2D eigenvalue weighted by Gasteiger charge is -2.31. The molecule has 112 valence electrons. The van der Waals surface area contributed by atoms with Gasteiger partial charge >= 0.3 is 0 Å². The minimum Gasteiger partial charge on any atom is -0.397 e. The number of nitrogens with two attached hydrogens (primary N) is 1. The van der Waals surface area contributed by atoms with Crippen LogP contribution in [0.3, 0.4) is 0 Å². The molecule has 0 heterocycles. The van der Waals surface area contributed by atoms with Crippen molar-refractivity contribution >= 4 is 17.3 Å². The molecule has 6 heteroatoms. The molecule has 0 aliphatic carbocycles. The highest BCUT2D eigenvalue weighted by Crippen LogP contribution is 2.25. The number of nitrogens with zero attached hydrogens (tertiary/aromatic N) is 1. The minimum absolute atomic E-state index is 0.136. The highest BCUT2D eigenvalue weighted by molar-refractivity contribution is 5.96. The second kappa shape index (κ2) is 6.58. The van der Waals surface area contributed by atoms with E-state index in [1.807, 2.05) is 6.92 Å². The van der Waals surface area contributed by atoms with Crippen molar-refractivity contribution in [2.45, 2.75) is 18.9 Å². The smallest absolute Gasteiger partial charge is 0.253 e. The maximum absolute atomic E-state index is 11.9. The second-order valence-electron chi connectivity index (χ2n) is 5.08. The van der Waals surface area contributed by atoms with Gasteiger partial charge in [-0.3, -0.25) is 4.79 Å². The van der Waals surface area contributed by atoms with Gasteiger partial charge in [0.05, 0.1) is 30.1 Å². The van der Waals surface area contributed by atoms with Crippen LogP contribution in [-0.4, -0.2) is 53.9 Å². The molecule has 6 nitrogen and oxygen atoms in total. The van der Waals surface area contributed by atoms with Gasteiger partial charge in [0.15, 0.2) is 0 Å². The summed E-state index contributed by atoms with van der Waals surface area (Å²) < 4.78 is 0. The third kappa shape index (κ3) is 3.40. The average Bonchev–Trinajstić information content (AvgIpc) is 2.46. The monoisotopic (exact) mass is 281 g/mol. The molecular formula is C14H23N3O3. The average molecular weight is 281 g/mol. The lowest BCUT2D eigenvalue weighted by atomic mass is 9.97. The Morgan fingerprint density at radius 1 is 1.35 bits per heavy atom. The van der Waals surface area contributed by atoms with Crippen LogP contribution in [0, 0.1) is 0 Å². The summed E-state index contributed by atoms with van der Waals surface area (Å²) in [4.78, 5) is 13.4. The fourth-order valence-corrected chi connectivity index (χ4v) is 1.78. The molecule has 0 fully saturated rings. The molecule has 1 aromatic carbocycles. The van der Waals surface area contributed by atoms with E-state index in [1.54, 1.807) is 32.3 Å². The topological polar surface area (TPSA) is 98.8 Å². The Hall–Kier alpha value is -1.79. The van der Waals surface area contributed by atoms with Crippen LogP contribution in [0.15, 0.2) is 18.2 Å². The van der Waals surface area contributed by atoms with Crippen LogP contribution >= 0.6 is 0 Å². The number of nitrogens with one attached hydrogen (secondary N) is 1. The summed E-state index contributed by atoms with van der Waals surface area (Å²) in [6.07, 6.45) is 0.519. The zero-order chi connectivity index (χ0) is 15.3. The quantitative estimate of drug-likeness (QED) is 0.570. The molecule has 0 radical (unpaired) electrons. The number of rotatable bonds is 6. The molecule has 0 unspecified atom stereocenters. The van der Waals surface area contributed by atoms with Gasteiger partial charge in [0.2, 0.25) is 0 Å². The van der Waals surface area contributed by atoms with Crippen molar-refractivity contribution in [3.05, 3.63) is 23.8 Å². The van der Waals surface area contributed by atoms with Crippen molar-refractivity contribution in [3.63, 3.8) is 0 Å². The normalized spacial score (nSPS) is 11.2. The van der Waals surface area contributed by atoms with Crippen LogP contribution in [0.25, 0.3) is 0 Å². The first-order chi connectivity index (χ1) is 9.39. The second-order valence-corrected chi connectivity index (χ2v) is 5.08. The first kappa shape index (κ1) is 16.3. The van der Waals surface area contributed by atoms with Crippen LogP contribution in [-0.2, 0) is 0 Å². The van der Waals surface area contributed by atoms with E-state index in [1.165, 1.54) is 4.90 Å². The zero-order valence-corrected chi connectivity index (χ0v) is 12.2. The highest BCUT2D eigenvalue weighted by Gasteiger charge is 2.27. The molecule has 1 aromatic rings. The Labute approximate surface area is 119 Å². The Morgan fingerprint density at radius 3 is 2.40 bits per heavy atom. The van der Waals surface area contributed by atoms with Crippen LogP contribution in [0.1, 0.15) is 23.7 Å². The van der Waals surface area contributed by atoms with Crippen molar-refractivity contribution in [3.8, 4) is 0 Å². The number of carbonyl (C=O) groups is 1. The maximum atomic E-state index is 11.9.